The van der Waals surface area contributed by atoms with E-state index in [0.29, 0.717) is 4.83 Å². The second-order valence-electron chi connectivity index (χ2n) is 3.77. The standard InChI is InChI=1S/C11H13BrN2S/c1-6(12)4-9-10-7(2)8(3)15-11(10)14-5-13-9/h5-6H,4H2,1-3H3. The predicted molar refractivity (Wildman–Crippen MR) is 69.0 cm³/mol. The van der Waals surface area contributed by atoms with Crippen molar-refractivity contribution in [2.75, 3.05) is 0 Å². The van der Waals surface area contributed by atoms with Crippen LogP contribution >= 0.6 is 27.3 Å². The van der Waals surface area contributed by atoms with Gasteiger partial charge in [-0.2, -0.15) is 0 Å². The third kappa shape index (κ3) is 2.06. The van der Waals surface area contributed by atoms with Gasteiger partial charge in [0.25, 0.3) is 0 Å². The Labute approximate surface area is 102 Å². The number of aryl methyl sites for hydroxylation is 2. The lowest BCUT2D eigenvalue weighted by atomic mass is 10.1. The van der Waals surface area contributed by atoms with E-state index in [9.17, 15) is 0 Å². The summed E-state index contributed by atoms with van der Waals surface area (Å²) in [6.45, 7) is 6.44. The summed E-state index contributed by atoms with van der Waals surface area (Å²) in [7, 11) is 0. The zero-order valence-electron chi connectivity index (χ0n) is 9.04. The van der Waals surface area contributed by atoms with Crippen molar-refractivity contribution < 1.29 is 0 Å². The first-order valence-corrected chi connectivity index (χ1v) is 6.66. The van der Waals surface area contributed by atoms with Crippen LogP contribution < -0.4 is 0 Å². The molecule has 2 heterocycles. The molecule has 0 amide bonds. The van der Waals surface area contributed by atoms with Crippen molar-refractivity contribution in [2.45, 2.75) is 32.0 Å². The molecule has 1 unspecified atom stereocenters. The van der Waals surface area contributed by atoms with Gasteiger partial charge in [0.05, 0.1) is 5.69 Å². The Hall–Kier alpha value is -0.480. The fourth-order valence-electron chi connectivity index (χ4n) is 1.68. The molecule has 0 bridgehead atoms. The van der Waals surface area contributed by atoms with Gasteiger partial charge in [0.1, 0.15) is 11.2 Å². The first kappa shape index (κ1) is 11.0. The van der Waals surface area contributed by atoms with E-state index in [1.165, 1.54) is 15.8 Å². The second-order valence-corrected chi connectivity index (χ2v) is 6.54. The molecule has 0 spiro atoms. The highest BCUT2D eigenvalue weighted by Gasteiger charge is 2.12. The third-order valence-electron chi connectivity index (χ3n) is 2.52. The first-order chi connectivity index (χ1) is 7.09. The largest absolute Gasteiger partial charge is 0.241 e. The number of aromatic nitrogens is 2. The van der Waals surface area contributed by atoms with Crippen LogP contribution in [-0.4, -0.2) is 14.8 Å². The lowest BCUT2D eigenvalue weighted by Gasteiger charge is -2.04. The molecule has 80 valence electrons. The maximum absolute atomic E-state index is 4.39. The fourth-order valence-corrected chi connectivity index (χ4v) is 3.00. The molecule has 0 saturated heterocycles. The molecule has 2 nitrogen and oxygen atoms in total. The van der Waals surface area contributed by atoms with Crippen LogP contribution in [0.15, 0.2) is 6.33 Å². The summed E-state index contributed by atoms with van der Waals surface area (Å²) in [5, 5.41) is 1.26. The van der Waals surface area contributed by atoms with E-state index in [1.54, 1.807) is 17.7 Å². The Kier molecular flexibility index (Phi) is 3.07. The van der Waals surface area contributed by atoms with Gasteiger partial charge in [-0.1, -0.05) is 22.9 Å². The van der Waals surface area contributed by atoms with Crippen molar-refractivity contribution in [3.8, 4) is 0 Å². The van der Waals surface area contributed by atoms with E-state index >= 15 is 0 Å². The van der Waals surface area contributed by atoms with Crippen molar-refractivity contribution in [2.24, 2.45) is 0 Å². The van der Waals surface area contributed by atoms with Crippen LogP contribution in [0.25, 0.3) is 10.2 Å². The van der Waals surface area contributed by atoms with Crippen LogP contribution in [0, 0.1) is 13.8 Å². The summed E-state index contributed by atoms with van der Waals surface area (Å²) >= 11 is 5.32. The van der Waals surface area contributed by atoms with E-state index in [4.69, 9.17) is 0 Å². The second kappa shape index (κ2) is 4.18. The van der Waals surface area contributed by atoms with Gasteiger partial charge in [-0.15, -0.1) is 11.3 Å². The molecule has 0 fully saturated rings. The Balaban J connectivity index is 2.63. The average Bonchev–Trinajstić information content (AvgIpc) is 2.43. The van der Waals surface area contributed by atoms with E-state index in [0.717, 1.165) is 16.9 Å². The van der Waals surface area contributed by atoms with Gasteiger partial charge < -0.3 is 0 Å². The van der Waals surface area contributed by atoms with Crippen LogP contribution in [0.2, 0.25) is 0 Å². The number of thiophene rings is 1. The zero-order chi connectivity index (χ0) is 11.0. The average molecular weight is 285 g/mol. The Morgan fingerprint density at radius 2 is 2.13 bits per heavy atom. The lowest BCUT2D eigenvalue weighted by Crippen LogP contribution is -2.00. The molecule has 0 saturated carbocycles. The van der Waals surface area contributed by atoms with E-state index in [-0.39, 0.29) is 0 Å². The zero-order valence-corrected chi connectivity index (χ0v) is 11.4. The van der Waals surface area contributed by atoms with Crippen molar-refractivity contribution >= 4 is 37.5 Å². The summed E-state index contributed by atoms with van der Waals surface area (Å²) in [5.74, 6) is 0. The molecule has 0 N–H and O–H groups in total. The molecule has 2 aromatic rings. The van der Waals surface area contributed by atoms with Gasteiger partial charge in [-0.25, -0.2) is 9.97 Å². The fraction of sp³-hybridized carbons (Fsp3) is 0.455. The Morgan fingerprint density at radius 1 is 1.40 bits per heavy atom. The lowest BCUT2D eigenvalue weighted by molar-refractivity contribution is 0.917. The van der Waals surface area contributed by atoms with Crippen LogP contribution in [-0.2, 0) is 6.42 Å². The molecular formula is C11H13BrN2S. The van der Waals surface area contributed by atoms with Gasteiger partial charge in [0.2, 0.25) is 0 Å². The van der Waals surface area contributed by atoms with Crippen LogP contribution in [0.5, 0.6) is 0 Å². The number of hydrogen-bond donors (Lipinski definition) is 0. The monoisotopic (exact) mass is 284 g/mol. The Morgan fingerprint density at radius 3 is 2.80 bits per heavy atom. The summed E-state index contributed by atoms with van der Waals surface area (Å²) in [6, 6.07) is 0. The van der Waals surface area contributed by atoms with E-state index in [2.05, 4.69) is 46.7 Å². The maximum Gasteiger partial charge on any atom is 0.127 e. The Bertz CT molecular complexity index is 491. The van der Waals surface area contributed by atoms with Gasteiger partial charge in [-0.3, -0.25) is 0 Å². The molecule has 0 aromatic carbocycles. The summed E-state index contributed by atoms with van der Waals surface area (Å²) in [6.07, 6.45) is 2.62. The maximum atomic E-state index is 4.39. The number of fused-ring (bicyclic) bond motifs is 1. The van der Waals surface area contributed by atoms with Crippen molar-refractivity contribution in [1.29, 1.82) is 0 Å². The number of halogens is 1. The minimum atomic E-state index is 0.454. The van der Waals surface area contributed by atoms with Gasteiger partial charge in [-0.05, 0) is 19.4 Å². The summed E-state index contributed by atoms with van der Waals surface area (Å²) in [4.78, 5) is 11.6. The van der Waals surface area contributed by atoms with Crippen LogP contribution in [0.3, 0.4) is 0 Å². The first-order valence-electron chi connectivity index (χ1n) is 4.93. The van der Waals surface area contributed by atoms with E-state index in [1.807, 2.05) is 0 Å². The van der Waals surface area contributed by atoms with Crippen molar-refractivity contribution in [1.82, 2.24) is 9.97 Å². The molecule has 0 aliphatic heterocycles. The summed E-state index contributed by atoms with van der Waals surface area (Å²) < 4.78 is 0. The van der Waals surface area contributed by atoms with Crippen molar-refractivity contribution in [3.05, 3.63) is 22.5 Å². The minimum Gasteiger partial charge on any atom is -0.241 e. The van der Waals surface area contributed by atoms with E-state index < -0.39 is 0 Å². The molecule has 0 aliphatic carbocycles. The summed E-state index contributed by atoms with van der Waals surface area (Å²) in [5.41, 5.74) is 2.49. The SMILES string of the molecule is Cc1sc2ncnc(CC(C)Br)c2c1C. The third-order valence-corrected chi connectivity index (χ3v) is 3.96. The molecule has 0 aliphatic rings. The van der Waals surface area contributed by atoms with Gasteiger partial charge >= 0.3 is 0 Å². The minimum absolute atomic E-state index is 0.454. The van der Waals surface area contributed by atoms with Gasteiger partial charge in [0, 0.05) is 21.5 Å². The van der Waals surface area contributed by atoms with Crippen LogP contribution in [0.4, 0.5) is 0 Å². The van der Waals surface area contributed by atoms with Crippen LogP contribution in [0.1, 0.15) is 23.1 Å². The molecule has 1 atom stereocenters. The number of nitrogens with zero attached hydrogens (tertiary/aromatic N) is 2. The molecule has 2 rings (SSSR count). The molecule has 4 heteroatoms. The number of hydrogen-bond acceptors (Lipinski definition) is 3. The molecule has 0 radical (unpaired) electrons. The quantitative estimate of drug-likeness (QED) is 0.787. The number of alkyl halides is 1. The molecule has 15 heavy (non-hydrogen) atoms. The normalized spacial score (nSPS) is 13.3. The molecule has 2 aromatic heterocycles. The highest BCUT2D eigenvalue weighted by molar-refractivity contribution is 9.09. The smallest absolute Gasteiger partial charge is 0.127 e. The van der Waals surface area contributed by atoms with Gasteiger partial charge in [0.15, 0.2) is 0 Å². The topological polar surface area (TPSA) is 25.8 Å². The van der Waals surface area contributed by atoms with Crippen molar-refractivity contribution in [3.63, 3.8) is 0 Å². The number of rotatable bonds is 2. The predicted octanol–water partition coefficient (Wildman–Crippen LogP) is 3.63. The molecular weight excluding hydrogens is 272 g/mol. The highest BCUT2D eigenvalue weighted by Crippen LogP contribution is 2.30. The highest BCUT2D eigenvalue weighted by atomic mass is 79.9.